The number of rotatable bonds is 9. The van der Waals surface area contributed by atoms with E-state index in [4.69, 9.17) is 29.3 Å². The molecule has 0 amide bonds. The first kappa shape index (κ1) is 35.5. The van der Waals surface area contributed by atoms with Gasteiger partial charge in [0, 0.05) is 46.9 Å². The average molecular weight is 665 g/mol. The minimum atomic E-state index is -0.500. The third-order valence-corrected chi connectivity index (χ3v) is 7.93. The zero-order valence-corrected chi connectivity index (χ0v) is 29.4. The summed E-state index contributed by atoms with van der Waals surface area (Å²) in [6.07, 6.45) is 3.20. The number of hydrogen-bond donors (Lipinski definition) is 1. The average Bonchev–Trinajstić information content (AvgIpc) is 3.03. The Kier molecular flexibility index (Phi) is 11.0. The summed E-state index contributed by atoms with van der Waals surface area (Å²) >= 11 is 0. The summed E-state index contributed by atoms with van der Waals surface area (Å²) in [7, 11) is 0. The fourth-order valence-corrected chi connectivity index (χ4v) is 5.96. The van der Waals surface area contributed by atoms with Crippen molar-refractivity contribution in [2.24, 2.45) is 0 Å². The lowest BCUT2D eigenvalue weighted by Crippen LogP contribution is -2.16. The van der Waals surface area contributed by atoms with E-state index in [-0.39, 0.29) is 24.3 Å². The van der Waals surface area contributed by atoms with E-state index >= 15 is 0 Å². The summed E-state index contributed by atoms with van der Waals surface area (Å²) in [5.41, 5.74) is 8.71. The molecule has 1 N–H and O–H groups in total. The summed E-state index contributed by atoms with van der Waals surface area (Å²) < 4.78 is 30.8. The van der Waals surface area contributed by atoms with Crippen LogP contribution in [0.1, 0.15) is 62.7 Å². The Morgan fingerprint density at radius 1 is 0.959 bits per heavy atom. The molecule has 0 spiro atoms. The van der Waals surface area contributed by atoms with Crippen molar-refractivity contribution in [1.82, 2.24) is 9.97 Å². The molecule has 0 saturated carbocycles. The molecule has 2 aromatic heterocycles. The number of nitrogens with zero attached hydrogens (tertiary/aromatic N) is 2. The number of carbonyl (C=O) groups is 1. The fourth-order valence-electron chi connectivity index (χ4n) is 5.96. The molecule has 0 unspecified atom stereocenters. The molecule has 0 saturated heterocycles. The van der Waals surface area contributed by atoms with E-state index in [1.807, 2.05) is 70.3 Å². The minimum absolute atomic E-state index is 0.0869. The Balaban J connectivity index is 0.000000874. The standard InChI is InChI=1S/C37H35FN2O4.C4H10O/c1-22(2)44-33(41)21-31-23(3)40-24(4)34(26-7-11-29(12-8-26)42-19-16-25-5-9-28(38)10-6-25)36(31)30-13-14-32-35-27(17-20-43-32)15-18-39-37(30)35;1-4(2,3)5/h5-15,18,22H,16-17,19-21H2,1-4H3;5H,1-3H3. The van der Waals surface area contributed by atoms with Gasteiger partial charge in [-0.1, -0.05) is 24.3 Å². The summed E-state index contributed by atoms with van der Waals surface area (Å²) in [4.78, 5) is 22.8. The number of aromatic nitrogens is 2. The smallest absolute Gasteiger partial charge is 0.310 e. The van der Waals surface area contributed by atoms with Crippen LogP contribution in [-0.4, -0.2) is 46.0 Å². The van der Waals surface area contributed by atoms with Gasteiger partial charge >= 0.3 is 5.97 Å². The van der Waals surface area contributed by atoms with Crippen molar-refractivity contribution in [2.75, 3.05) is 13.2 Å². The van der Waals surface area contributed by atoms with Crippen molar-refractivity contribution in [3.63, 3.8) is 0 Å². The first-order valence-electron chi connectivity index (χ1n) is 16.7. The molecule has 6 rings (SSSR count). The van der Waals surface area contributed by atoms with Gasteiger partial charge in [-0.25, -0.2) is 4.39 Å². The topological polar surface area (TPSA) is 90.8 Å². The highest BCUT2D eigenvalue weighted by molar-refractivity contribution is 6.04. The number of hydrogen-bond acceptors (Lipinski definition) is 7. The molecule has 5 aromatic rings. The zero-order valence-electron chi connectivity index (χ0n) is 29.4. The maximum atomic E-state index is 13.2. The summed E-state index contributed by atoms with van der Waals surface area (Å²) in [6, 6.07) is 20.5. The van der Waals surface area contributed by atoms with Crippen LogP contribution in [0.3, 0.4) is 0 Å². The van der Waals surface area contributed by atoms with E-state index in [9.17, 15) is 9.18 Å². The van der Waals surface area contributed by atoms with Gasteiger partial charge in [-0.15, -0.1) is 0 Å². The number of aryl methyl sites for hydroxylation is 2. The molecule has 0 bridgehead atoms. The summed E-state index contributed by atoms with van der Waals surface area (Å²) in [5, 5.41) is 9.53. The predicted octanol–water partition coefficient (Wildman–Crippen LogP) is 8.55. The van der Waals surface area contributed by atoms with Gasteiger partial charge in [0.15, 0.2) is 0 Å². The molecule has 8 heteroatoms. The molecule has 0 fully saturated rings. The van der Waals surface area contributed by atoms with E-state index in [1.54, 1.807) is 32.9 Å². The van der Waals surface area contributed by atoms with E-state index in [0.717, 1.165) is 73.6 Å². The first-order chi connectivity index (χ1) is 23.3. The van der Waals surface area contributed by atoms with Crippen LogP contribution in [0.4, 0.5) is 4.39 Å². The fraction of sp³-hybridized carbons (Fsp3) is 0.341. The van der Waals surface area contributed by atoms with Crippen molar-refractivity contribution >= 4 is 16.9 Å². The molecular weight excluding hydrogens is 619 g/mol. The van der Waals surface area contributed by atoms with Crippen molar-refractivity contribution < 1.29 is 28.5 Å². The number of aliphatic hydroxyl groups is 1. The van der Waals surface area contributed by atoms with Crippen LogP contribution < -0.4 is 9.47 Å². The molecule has 7 nitrogen and oxygen atoms in total. The number of halogens is 1. The number of esters is 1. The Bertz CT molecular complexity index is 1910. The van der Waals surface area contributed by atoms with Gasteiger partial charge in [-0.3, -0.25) is 14.8 Å². The van der Waals surface area contributed by atoms with Crippen molar-refractivity contribution in [3.8, 4) is 33.8 Å². The van der Waals surface area contributed by atoms with Gasteiger partial charge in [-0.05, 0) is 119 Å². The minimum Gasteiger partial charge on any atom is -0.493 e. The third-order valence-electron chi connectivity index (χ3n) is 7.93. The second-order valence-corrected chi connectivity index (χ2v) is 13.6. The molecule has 3 heterocycles. The lowest BCUT2D eigenvalue weighted by Gasteiger charge is -2.23. The van der Waals surface area contributed by atoms with Gasteiger partial charge in [0.2, 0.25) is 0 Å². The normalized spacial score (nSPS) is 12.3. The van der Waals surface area contributed by atoms with Crippen LogP contribution >= 0.6 is 0 Å². The van der Waals surface area contributed by atoms with Gasteiger partial charge in [0.25, 0.3) is 0 Å². The molecule has 0 aliphatic carbocycles. The highest BCUT2D eigenvalue weighted by Gasteiger charge is 2.25. The van der Waals surface area contributed by atoms with E-state index in [2.05, 4.69) is 6.07 Å². The Morgan fingerprint density at radius 2 is 1.65 bits per heavy atom. The van der Waals surface area contributed by atoms with Crippen molar-refractivity contribution in [3.05, 3.63) is 107 Å². The number of benzene rings is 3. The van der Waals surface area contributed by atoms with E-state index < -0.39 is 5.60 Å². The second-order valence-electron chi connectivity index (χ2n) is 13.6. The lowest BCUT2D eigenvalue weighted by atomic mass is 9.86. The van der Waals surface area contributed by atoms with Gasteiger partial charge in [-0.2, -0.15) is 0 Å². The number of carbonyl (C=O) groups excluding carboxylic acids is 1. The lowest BCUT2D eigenvalue weighted by molar-refractivity contribution is -0.146. The quantitative estimate of drug-likeness (QED) is 0.158. The molecular formula is C41H45FN2O5. The highest BCUT2D eigenvalue weighted by atomic mass is 19.1. The van der Waals surface area contributed by atoms with Crippen LogP contribution in [0.5, 0.6) is 11.5 Å². The third kappa shape index (κ3) is 9.00. The van der Waals surface area contributed by atoms with Crippen LogP contribution in [-0.2, 0) is 28.8 Å². The molecule has 49 heavy (non-hydrogen) atoms. The Morgan fingerprint density at radius 3 is 2.33 bits per heavy atom. The highest BCUT2D eigenvalue weighted by Crippen LogP contribution is 2.44. The Hall–Kier alpha value is -4.82. The monoisotopic (exact) mass is 664 g/mol. The van der Waals surface area contributed by atoms with Crippen molar-refractivity contribution in [2.45, 2.75) is 79.4 Å². The largest absolute Gasteiger partial charge is 0.493 e. The SMILES string of the molecule is CC(C)(C)O.Cc1nc(C)c(-c2ccc(OCCc3ccc(F)cc3)cc2)c(-c2ccc3c4c(ccnc24)CCO3)c1CC(=O)OC(C)C. The molecule has 3 aromatic carbocycles. The van der Waals surface area contributed by atoms with Crippen molar-refractivity contribution in [1.29, 1.82) is 0 Å². The maximum Gasteiger partial charge on any atom is 0.310 e. The predicted molar refractivity (Wildman–Crippen MR) is 192 cm³/mol. The maximum absolute atomic E-state index is 13.2. The number of ether oxygens (including phenoxy) is 3. The van der Waals surface area contributed by atoms with Crippen LogP contribution in [0.15, 0.2) is 72.9 Å². The molecule has 0 atom stereocenters. The Labute approximate surface area is 288 Å². The molecule has 1 aliphatic heterocycles. The molecule has 256 valence electrons. The van der Waals surface area contributed by atoms with Crippen LogP contribution in [0.25, 0.3) is 33.2 Å². The first-order valence-corrected chi connectivity index (χ1v) is 16.7. The van der Waals surface area contributed by atoms with Gasteiger partial charge < -0.3 is 19.3 Å². The van der Waals surface area contributed by atoms with E-state index in [0.29, 0.717) is 19.6 Å². The van der Waals surface area contributed by atoms with E-state index in [1.165, 1.54) is 17.7 Å². The van der Waals surface area contributed by atoms with Crippen LogP contribution in [0.2, 0.25) is 0 Å². The number of pyridine rings is 2. The van der Waals surface area contributed by atoms with Gasteiger partial charge in [0.1, 0.15) is 17.3 Å². The molecule has 1 aliphatic rings. The summed E-state index contributed by atoms with van der Waals surface area (Å²) in [6.45, 7) is 14.0. The zero-order chi connectivity index (χ0) is 35.3. The summed E-state index contributed by atoms with van der Waals surface area (Å²) in [5.74, 6) is 1.01. The second kappa shape index (κ2) is 15.2. The van der Waals surface area contributed by atoms with Crippen LogP contribution in [0, 0.1) is 19.7 Å². The molecule has 0 radical (unpaired) electrons. The van der Waals surface area contributed by atoms with Gasteiger partial charge in [0.05, 0.1) is 36.9 Å².